The zero-order chi connectivity index (χ0) is 22.7. The molecule has 1 aliphatic rings. The minimum atomic E-state index is -0.208. The molecule has 6 nitrogen and oxygen atoms in total. The summed E-state index contributed by atoms with van der Waals surface area (Å²) in [4.78, 5) is 27.7. The molecule has 1 N–H and O–H groups in total. The van der Waals surface area contributed by atoms with Gasteiger partial charge in [0, 0.05) is 24.3 Å². The maximum Gasteiger partial charge on any atom is 0.259 e. The Balaban J connectivity index is 1.46. The van der Waals surface area contributed by atoms with Gasteiger partial charge in [-0.05, 0) is 63.1 Å². The highest BCUT2D eigenvalue weighted by Crippen LogP contribution is 2.24. The lowest BCUT2D eigenvalue weighted by Crippen LogP contribution is -2.38. The quantitative estimate of drug-likeness (QED) is 0.609. The molecule has 0 bridgehead atoms. The number of aromatic nitrogens is 2. The van der Waals surface area contributed by atoms with Crippen molar-refractivity contribution in [3.63, 3.8) is 0 Å². The van der Waals surface area contributed by atoms with Crippen LogP contribution < -0.4 is 5.32 Å². The summed E-state index contributed by atoms with van der Waals surface area (Å²) in [5.74, 6) is -0.175. The number of nitrogens with one attached hydrogen (secondary N) is 1. The average molecular weight is 431 g/mol. The molecule has 1 aromatic heterocycles. The molecule has 6 heteroatoms. The molecule has 0 aliphatic heterocycles. The molecule has 0 saturated heterocycles. The van der Waals surface area contributed by atoms with Crippen LogP contribution in [0.4, 0.5) is 5.69 Å². The van der Waals surface area contributed by atoms with Gasteiger partial charge in [-0.2, -0.15) is 5.10 Å². The van der Waals surface area contributed by atoms with Gasteiger partial charge in [-0.25, -0.2) is 4.68 Å². The summed E-state index contributed by atoms with van der Waals surface area (Å²) in [5, 5.41) is 7.50. The number of hydrogen-bond donors (Lipinski definition) is 1. The van der Waals surface area contributed by atoms with E-state index < -0.39 is 0 Å². The van der Waals surface area contributed by atoms with Crippen molar-refractivity contribution in [3.8, 4) is 5.69 Å². The van der Waals surface area contributed by atoms with Gasteiger partial charge in [-0.1, -0.05) is 37.5 Å². The Morgan fingerprint density at radius 3 is 2.28 bits per heavy atom. The molecule has 2 amide bonds. The second-order valence-electron chi connectivity index (χ2n) is 8.53. The van der Waals surface area contributed by atoms with E-state index in [4.69, 9.17) is 0 Å². The summed E-state index contributed by atoms with van der Waals surface area (Å²) >= 11 is 0. The van der Waals surface area contributed by atoms with E-state index >= 15 is 0 Å². The van der Waals surface area contributed by atoms with Crippen molar-refractivity contribution in [1.29, 1.82) is 0 Å². The smallest absolute Gasteiger partial charge is 0.259 e. The van der Waals surface area contributed by atoms with Crippen molar-refractivity contribution in [2.75, 3.05) is 12.4 Å². The lowest BCUT2D eigenvalue weighted by atomic mass is 9.94. The average Bonchev–Trinajstić information content (AvgIpc) is 3.13. The zero-order valence-corrected chi connectivity index (χ0v) is 19.0. The van der Waals surface area contributed by atoms with E-state index in [1.165, 1.54) is 19.3 Å². The molecule has 32 heavy (non-hydrogen) atoms. The number of amides is 2. The molecule has 166 valence electrons. The SMILES string of the molecule is Cc1nn(-c2ccccc2)c(C)c1C(=O)Nc1ccc(C(=O)N(C)C2CCCCC2)cc1. The third-order valence-electron chi connectivity index (χ3n) is 6.35. The third-order valence-corrected chi connectivity index (χ3v) is 6.35. The van der Waals surface area contributed by atoms with Crippen LogP contribution in [0.15, 0.2) is 54.6 Å². The van der Waals surface area contributed by atoms with Gasteiger partial charge in [0.1, 0.15) is 0 Å². The fraction of sp³-hybridized carbons (Fsp3) is 0.346. The van der Waals surface area contributed by atoms with E-state index in [1.807, 2.05) is 56.1 Å². The molecule has 1 saturated carbocycles. The predicted octanol–water partition coefficient (Wildman–Crippen LogP) is 5.15. The summed E-state index contributed by atoms with van der Waals surface area (Å²) in [6.45, 7) is 3.73. The Morgan fingerprint density at radius 2 is 1.62 bits per heavy atom. The van der Waals surface area contributed by atoms with Gasteiger partial charge < -0.3 is 10.2 Å². The highest BCUT2D eigenvalue weighted by Gasteiger charge is 2.23. The summed E-state index contributed by atoms with van der Waals surface area (Å²) in [6.07, 6.45) is 5.79. The van der Waals surface area contributed by atoms with Gasteiger partial charge in [-0.3, -0.25) is 9.59 Å². The second kappa shape index (κ2) is 9.39. The fourth-order valence-electron chi connectivity index (χ4n) is 4.52. The molecule has 1 fully saturated rings. The maximum absolute atomic E-state index is 13.0. The van der Waals surface area contributed by atoms with Crippen molar-refractivity contribution >= 4 is 17.5 Å². The van der Waals surface area contributed by atoms with Crippen LogP contribution in [-0.4, -0.2) is 39.6 Å². The standard InChI is InChI=1S/C26H30N4O2/c1-18-24(19(2)30(28-18)23-12-8-5-9-13-23)25(31)27-21-16-14-20(15-17-21)26(32)29(3)22-10-6-4-7-11-22/h5,8-9,12-17,22H,4,6-7,10-11H2,1-3H3,(H,27,31). The first-order valence-electron chi connectivity index (χ1n) is 11.3. The molecule has 4 rings (SSSR count). The number of benzene rings is 2. The number of rotatable bonds is 5. The molecular formula is C26H30N4O2. The molecule has 0 atom stereocenters. The van der Waals surface area contributed by atoms with E-state index in [0.29, 0.717) is 28.6 Å². The molecule has 0 spiro atoms. The summed E-state index contributed by atoms with van der Waals surface area (Å²) in [5.41, 5.74) is 4.22. The van der Waals surface area contributed by atoms with Crippen LogP contribution in [0.1, 0.15) is 64.2 Å². The fourth-order valence-corrected chi connectivity index (χ4v) is 4.52. The molecule has 0 radical (unpaired) electrons. The Labute approximate surface area is 189 Å². The first kappa shape index (κ1) is 21.8. The van der Waals surface area contributed by atoms with Crippen LogP contribution in [0.3, 0.4) is 0 Å². The van der Waals surface area contributed by atoms with Crippen molar-refractivity contribution in [3.05, 3.63) is 77.1 Å². The van der Waals surface area contributed by atoms with Crippen molar-refractivity contribution in [2.24, 2.45) is 0 Å². The third kappa shape index (κ3) is 4.44. The Kier molecular flexibility index (Phi) is 6.40. The molecule has 1 aliphatic carbocycles. The van der Waals surface area contributed by atoms with E-state index in [-0.39, 0.29) is 11.8 Å². The number of para-hydroxylation sites is 1. The molecule has 2 aromatic carbocycles. The largest absolute Gasteiger partial charge is 0.339 e. The number of hydrogen-bond acceptors (Lipinski definition) is 3. The van der Waals surface area contributed by atoms with Gasteiger partial charge in [0.05, 0.1) is 22.6 Å². The highest BCUT2D eigenvalue weighted by atomic mass is 16.2. The van der Waals surface area contributed by atoms with Crippen LogP contribution in [-0.2, 0) is 0 Å². The molecule has 3 aromatic rings. The van der Waals surface area contributed by atoms with Crippen molar-refractivity contribution < 1.29 is 9.59 Å². The highest BCUT2D eigenvalue weighted by molar-refractivity contribution is 6.06. The summed E-state index contributed by atoms with van der Waals surface area (Å²) < 4.78 is 1.78. The maximum atomic E-state index is 13.0. The van der Waals surface area contributed by atoms with E-state index in [0.717, 1.165) is 24.2 Å². The minimum Gasteiger partial charge on any atom is -0.339 e. The van der Waals surface area contributed by atoms with Crippen molar-refractivity contribution in [1.82, 2.24) is 14.7 Å². The van der Waals surface area contributed by atoms with E-state index in [2.05, 4.69) is 10.4 Å². The minimum absolute atomic E-state index is 0.0330. The lowest BCUT2D eigenvalue weighted by molar-refractivity contribution is 0.0696. The van der Waals surface area contributed by atoms with Crippen LogP contribution >= 0.6 is 0 Å². The first-order valence-corrected chi connectivity index (χ1v) is 11.3. The first-order chi connectivity index (χ1) is 15.5. The van der Waals surface area contributed by atoms with Gasteiger partial charge in [-0.15, -0.1) is 0 Å². The van der Waals surface area contributed by atoms with Crippen molar-refractivity contribution in [2.45, 2.75) is 52.0 Å². The number of nitrogens with zero attached hydrogens (tertiary/aromatic N) is 3. The Hall–Kier alpha value is -3.41. The summed E-state index contributed by atoms with van der Waals surface area (Å²) in [6, 6.07) is 17.2. The zero-order valence-electron chi connectivity index (χ0n) is 19.0. The van der Waals surface area contributed by atoms with Gasteiger partial charge in [0.15, 0.2) is 0 Å². The molecular weight excluding hydrogens is 400 g/mol. The molecule has 0 unspecified atom stereocenters. The van der Waals surface area contributed by atoms with Crippen LogP contribution in [0.2, 0.25) is 0 Å². The Morgan fingerprint density at radius 1 is 0.969 bits per heavy atom. The monoisotopic (exact) mass is 430 g/mol. The molecule has 1 heterocycles. The van der Waals surface area contributed by atoms with Crippen LogP contribution in [0.25, 0.3) is 5.69 Å². The summed E-state index contributed by atoms with van der Waals surface area (Å²) in [7, 11) is 1.89. The van der Waals surface area contributed by atoms with Gasteiger partial charge in [0.2, 0.25) is 0 Å². The number of carbonyl (C=O) groups excluding carboxylic acids is 2. The predicted molar refractivity (Wildman–Crippen MR) is 126 cm³/mol. The van der Waals surface area contributed by atoms with Gasteiger partial charge in [0.25, 0.3) is 11.8 Å². The Bertz CT molecular complexity index is 1100. The second-order valence-corrected chi connectivity index (χ2v) is 8.53. The van der Waals surface area contributed by atoms with E-state index in [9.17, 15) is 9.59 Å². The van der Waals surface area contributed by atoms with E-state index in [1.54, 1.807) is 28.9 Å². The number of aryl methyl sites for hydroxylation is 1. The van der Waals surface area contributed by atoms with Crippen LogP contribution in [0.5, 0.6) is 0 Å². The van der Waals surface area contributed by atoms with Crippen LogP contribution in [0, 0.1) is 13.8 Å². The van der Waals surface area contributed by atoms with Gasteiger partial charge >= 0.3 is 0 Å². The topological polar surface area (TPSA) is 67.2 Å². The number of carbonyl (C=O) groups is 2. The normalized spacial score (nSPS) is 14.2. The lowest BCUT2D eigenvalue weighted by Gasteiger charge is -2.31. The number of anilines is 1.